The zero-order valence-electron chi connectivity index (χ0n) is 14.0. The quantitative estimate of drug-likeness (QED) is 0.910. The van der Waals surface area contributed by atoms with Crippen LogP contribution in [0.2, 0.25) is 0 Å². The minimum absolute atomic E-state index is 0.242. The van der Waals surface area contributed by atoms with Crippen LogP contribution in [0.4, 0.5) is 8.78 Å². The first-order chi connectivity index (χ1) is 12.6. The van der Waals surface area contributed by atoms with Gasteiger partial charge in [0.2, 0.25) is 5.91 Å². The summed E-state index contributed by atoms with van der Waals surface area (Å²) < 4.78 is 32.9. The molecular formula is C19H18F2N2O3. The summed E-state index contributed by atoms with van der Waals surface area (Å²) in [6.45, 7) is 0.786. The van der Waals surface area contributed by atoms with Gasteiger partial charge in [-0.15, -0.1) is 0 Å². The van der Waals surface area contributed by atoms with Gasteiger partial charge in [-0.1, -0.05) is 36.4 Å². The molecule has 1 aliphatic rings. The predicted molar refractivity (Wildman–Crippen MR) is 90.4 cm³/mol. The van der Waals surface area contributed by atoms with Crippen LogP contribution in [0.1, 0.15) is 22.0 Å². The molecule has 5 nitrogen and oxygen atoms in total. The fourth-order valence-corrected chi connectivity index (χ4v) is 2.82. The van der Waals surface area contributed by atoms with Crippen LogP contribution in [0, 0.1) is 11.6 Å². The third-order valence-corrected chi connectivity index (χ3v) is 4.18. The molecule has 2 aromatic rings. The van der Waals surface area contributed by atoms with E-state index in [0.717, 1.165) is 17.7 Å². The molecule has 7 heteroatoms. The molecule has 1 fully saturated rings. The van der Waals surface area contributed by atoms with Crippen molar-refractivity contribution in [2.75, 3.05) is 26.2 Å². The standard InChI is InChI=1S/C19H18F2N2O3/c20-14-7-4-8-15(21)18(14)19(25)22-11-17(24)23-9-10-26-16(12-23)13-5-2-1-3-6-13/h1-8,16H,9-12H2,(H,22,25)/t16-/m0/s1. The molecule has 136 valence electrons. The minimum Gasteiger partial charge on any atom is -0.370 e. The molecule has 1 atom stereocenters. The molecule has 0 unspecified atom stereocenters. The first-order valence-corrected chi connectivity index (χ1v) is 8.23. The second-order valence-electron chi connectivity index (χ2n) is 5.89. The van der Waals surface area contributed by atoms with Crippen LogP contribution in [-0.4, -0.2) is 43.0 Å². The van der Waals surface area contributed by atoms with Gasteiger partial charge in [0, 0.05) is 6.54 Å². The number of hydrogen-bond acceptors (Lipinski definition) is 3. The molecule has 0 radical (unpaired) electrons. The van der Waals surface area contributed by atoms with Crippen molar-refractivity contribution in [1.29, 1.82) is 0 Å². The molecular weight excluding hydrogens is 342 g/mol. The Balaban J connectivity index is 1.59. The highest BCUT2D eigenvalue weighted by atomic mass is 19.1. The van der Waals surface area contributed by atoms with Crippen molar-refractivity contribution in [3.05, 3.63) is 71.3 Å². The first-order valence-electron chi connectivity index (χ1n) is 8.23. The van der Waals surface area contributed by atoms with Crippen molar-refractivity contribution in [2.45, 2.75) is 6.10 Å². The molecule has 0 spiro atoms. The Morgan fingerprint density at radius 3 is 2.46 bits per heavy atom. The highest BCUT2D eigenvalue weighted by Crippen LogP contribution is 2.21. The van der Waals surface area contributed by atoms with Crippen LogP contribution in [0.5, 0.6) is 0 Å². The normalized spacial score (nSPS) is 17.0. The van der Waals surface area contributed by atoms with Gasteiger partial charge in [0.1, 0.15) is 23.3 Å². The number of morpholine rings is 1. The van der Waals surface area contributed by atoms with Crippen LogP contribution < -0.4 is 5.32 Å². The van der Waals surface area contributed by atoms with Gasteiger partial charge in [0.25, 0.3) is 5.91 Å². The van der Waals surface area contributed by atoms with Crippen molar-refractivity contribution in [1.82, 2.24) is 10.2 Å². The second-order valence-corrected chi connectivity index (χ2v) is 5.89. The largest absolute Gasteiger partial charge is 0.370 e. The van der Waals surface area contributed by atoms with E-state index in [2.05, 4.69) is 5.32 Å². The van der Waals surface area contributed by atoms with Gasteiger partial charge < -0.3 is 15.0 Å². The molecule has 1 aliphatic heterocycles. The van der Waals surface area contributed by atoms with Gasteiger partial charge >= 0.3 is 0 Å². The van der Waals surface area contributed by atoms with Crippen molar-refractivity contribution < 1.29 is 23.1 Å². The molecule has 26 heavy (non-hydrogen) atoms. The first kappa shape index (κ1) is 18.0. The second kappa shape index (κ2) is 8.05. The maximum atomic E-state index is 13.6. The number of halogens is 2. The Morgan fingerprint density at radius 2 is 1.77 bits per heavy atom. The number of carbonyl (C=O) groups is 2. The Morgan fingerprint density at radius 1 is 1.08 bits per heavy atom. The van der Waals surface area contributed by atoms with E-state index in [-0.39, 0.29) is 18.6 Å². The Bertz CT molecular complexity index is 778. The van der Waals surface area contributed by atoms with Crippen LogP contribution in [0.25, 0.3) is 0 Å². The lowest BCUT2D eigenvalue weighted by molar-refractivity contribution is -0.137. The van der Waals surface area contributed by atoms with E-state index in [1.54, 1.807) is 4.90 Å². The molecule has 0 bridgehead atoms. The van der Waals surface area contributed by atoms with Gasteiger partial charge in [-0.05, 0) is 17.7 Å². The lowest BCUT2D eigenvalue weighted by Gasteiger charge is -2.33. The maximum absolute atomic E-state index is 13.6. The number of nitrogens with one attached hydrogen (secondary N) is 1. The topological polar surface area (TPSA) is 58.6 Å². The van der Waals surface area contributed by atoms with E-state index in [0.29, 0.717) is 19.7 Å². The molecule has 3 rings (SSSR count). The summed E-state index contributed by atoms with van der Waals surface area (Å²) in [6, 6.07) is 12.7. The smallest absolute Gasteiger partial charge is 0.257 e. The average Bonchev–Trinajstić information content (AvgIpc) is 2.67. The fourth-order valence-electron chi connectivity index (χ4n) is 2.82. The summed E-state index contributed by atoms with van der Waals surface area (Å²) in [4.78, 5) is 25.9. The van der Waals surface area contributed by atoms with Gasteiger partial charge in [0.15, 0.2) is 0 Å². The lowest BCUT2D eigenvalue weighted by atomic mass is 10.1. The minimum atomic E-state index is -0.967. The highest BCUT2D eigenvalue weighted by molar-refractivity contribution is 5.96. The third kappa shape index (κ3) is 4.05. The molecule has 2 aromatic carbocycles. The molecule has 1 saturated heterocycles. The van der Waals surface area contributed by atoms with E-state index >= 15 is 0 Å². The highest BCUT2D eigenvalue weighted by Gasteiger charge is 2.26. The number of carbonyl (C=O) groups excluding carboxylic acids is 2. The number of ether oxygens (including phenoxy) is 1. The van der Waals surface area contributed by atoms with Crippen LogP contribution in [-0.2, 0) is 9.53 Å². The summed E-state index contributed by atoms with van der Waals surface area (Å²) in [7, 11) is 0. The monoisotopic (exact) mass is 360 g/mol. The Labute approximate surface area is 149 Å². The number of amides is 2. The lowest BCUT2D eigenvalue weighted by Crippen LogP contribution is -2.46. The van der Waals surface area contributed by atoms with Crippen molar-refractivity contribution >= 4 is 11.8 Å². The van der Waals surface area contributed by atoms with E-state index in [1.165, 1.54) is 6.07 Å². The summed E-state index contributed by atoms with van der Waals surface area (Å²) in [5, 5.41) is 2.28. The zero-order chi connectivity index (χ0) is 18.5. The summed E-state index contributed by atoms with van der Waals surface area (Å²) >= 11 is 0. The predicted octanol–water partition coefficient (Wildman–Crippen LogP) is 2.29. The SMILES string of the molecule is O=C(NCC(=O)N1CCO[C@H](c2ccccc2)C1)c1c(F)cccc1F. The number of nitrogens with zero attached hydrogens (tertiary/aromatic N) is 1. The van der Waals surface area contributed by atoms with Crippen molar-refractivity contribution in [3.63, 3.8) is 0 Å². The number of hydrogen-bond donors (Lipinski definition) is 1. The number of rotatable bonds is 4. The van der Waals surface area contributed by atoms with E-state index < -0.39 is 23.1 Å². The maximum Gasteiger partial charge on any atom is 0.257 e. The summed E-state index contributed by atoms with van der Waals surface area (Å²) in [5.41, 5.74) is 0.270. The van der Waals surface area contributed by atoms with E-state index in [4.69, 9.17) is 4.74 Å². The Kier molecular flexibility index (Phi) is 5.58. The van der Waals surface area contributed by atoms with Crippen molar-refractivity contribution in [2.24, 2.45) is 0 Å². The molecule has 0 aliphatic carbocycles. The molecule has 2 amide bonds. The summed E-state index contributed by atoms with van der Waals surface area (Å²) in [5.74, 6) is -3.22. The van der Waals surface area contributed by atoms with Gasteiger partial charge in [-0.3, -0.25) is 9.59 Å². The van der Waals surface area contributed by atoms with Gasteiger partial charge in [0.05, 0.1) is 19.7 Å². The van der Waals surface area contributed by atoms with Crippen LogP contribution in [0.3, 0.4) is 0 Å². The molecule has 0 aromatic heterocycles. The van der Waals surface area contributed by atoms with Crippen molar-refractivity contribution in [3.8, 4) is 0 Å². The fraction of sp³-hybridized carbons (Fsp3) is 0.263. The molecule has 1 N–H and O–H groups in total. The van der Waals surface area contributed by atoms with E-state index in [1.807, 2.05) is 30.3 Å². The van der Waals surface area contributed by atoms with Gasteiger partial charge in [-0.25, -0.2) is 8.78 Å². The average molecular weight is 360 g/mol. The van der Waals surface area contributed by atoms with Gasteiger partial charge in [-0.2, -0.15) is 0 Å². The molecule has 0 saturated carbocycles. The Hall–Kier alpha value is -2.80. The third-order valence-electron chi connectivity index (χ3n) is 4.18. The van der Waals surface area contributed by atoms with E-state index in [9.17, 15) is 18.4 Å². The zero-order valence-corrected chi connectivity index (χ0v) is 14.0. The van der Waals surface area contributed by atoms with Crippen LogP contribution >= 0.6 is 0 Å². The van der Waals surface area contributed by atoms with Crippen LogP contribution in [0.15, 0.2) is 48.5 Å². The summed E-state index contributed by atoms with van der Waals surface area (Å²) in [6.07, 6.45) is -0.242. The molecule has 1 heterocycles. The number of benzene rings is 2.